The summed E-state index contributed by atoms with van der Waals surface area (Å²) in [6.07, 6.45) is 1.01. The maximum atomic E-state index is 10.9. The van der Waals surface area contributed by atoms with Crippen molar-refractivity contribution in [1.82, 2.24) is 4.31 Å². The molecule has 53 valence electrons. The lowest BCUT2D eigenvalue weighted by Crippen LogP contribution is -2.41. The highest BCUT2D eigenvalue weighted by Crippen LogP contribution is 2.13. The van der Waals surface area contributed by atoms with Crippen LogP contribution in [0.25, 0.3) is 0 Å². The zero-order valence-corrected chi connectivity index (χ0v) is 6.19. The van der Waals surface area contributed by atoms with E-state index < -0.39 is 10.0 Å². The van der Waals surface area contributed by atoms with Gasteiger partial charge in [0.15, 0.2) is 0 Å². The van der Waals surface area contributed by atoms with Crippen LogP contribution >= 0.6 is 0 Å². The standard InChI is InChI=1S/C5H10NO2S/c1-2-9(7,8)6-4-3-5-6/h2H,3-5H2,1H3. The van der Waals surface area contributed by atoms with Crippen molar-refractivity contribution in [3.63, 3.8) is 0 Å². The molecule has 0 aromatic rings. The maximum absolute atomic E-state index is 10.9. The maximum Gasteiger partial charge on any atom is 0.218 e. The molecule has 0 spiro atoms. The Balaban J connectivity index is 2.59. The molecule has 0 unspecified atom stereocenters. The van der Waals surface area contributed by atoms with Gasteiger partial charge in [0.1, 0.15) is 0 Å². The summed E-state index contributed by atoms with van der Waals surface area (Å²) in [6, 6.07) is 0. The van der Waals surface area contributed by atoms with E-state index in [0.717, 1.165) is 6.42 Å². The highest BCUT2D eigenvalue weighted by atomic mass is 32.2. The minimum absolute atomic E-state index is 0.701. The molecule has 0 amide bonds. The van der Waals surface area contributed by atoms with Gasteiger partial charge < -0.3 is 0 Å². The Morgan fingerprint density at radius 2 is 2.00 bits per heavy atom. The van der Waals surface area contributed by atoms with Crippen LogP contribution in [0.3, 0.4) is 0 Å². The highest BCUT2D eigenvalue weighted by Gasteiger charge is 2.25. The van der Waals surface area contributed by atoms with E-state index in [9.17, 15) is 8.42 Å². The predicted molar refractivity (Wildman–Crippen MR) is 35.1 cm³/mol. The molecule has 1 aliphatic heterocycles. The fourth-order valence-corrected chi connectivity index (χ4v) is 1.76. The van der Waals surface area contributed by atoms with E-state index in [1.54, 1.807) is 6.92 Å². The second-order valence-corrected chi connectivity index (χ2v) is 4.05. The molecule has 9 heavy (non-hydrogen) atoms. The second kappa shape index (κ2) is 2.27. The largest absolute Gasteiger partial charge is 0.218 e. The quantitative estimate of drug-likeness (QED) is 0.561. The number of nitrogens with zero attached hydrogens (tertiary/aromatic N) is 1. The van der Waals surface area contributed by atoms with Gasteiger partial charge in [-0.25, -0.2) is 12.7 Å². The van der Waals surface area contributed by atoms with Crippen LogP contribution in [0.5, 0.6) is 0 Å². The van der Waals surface area contributed by atoms with E-state index in [4.69, 9.17) is 0 Å². The average molecular weight is 148 g/mol. The van der Waals surface area contributed by atoms with Gasteiger partial charge in [-0.1, -0.05) is 0 Å². The minimum Gasteiger partial charge on any atom is -0.212 e. The summed E-state index contributed by atoms with van der Waals surface area (Å²) >= 11 is 0. The van der Waals surface area contributed by atoms with Crippen molar-refractivity contribution in [3.05, 3.63) is 5.75 Å². The van der Waals surface area contributed by atoms with Crippen LogP contribution in [0, 0.1) is 5.75 Å². The lowest BCUT2D eigenvalue weighted by Gasteiger charge is -2.28. The van der Waals surface area contributed by atoms with E-state index in [1.165, 1.54) is 10.1 Å². The summed E-state index contributed by atoms with van der Waals surface area (Å²) in [5, 5.41) is 0. The van der Waals surface area contributed by atoms with Crippen LogP contribution < -0.4 is 0 Å². The van der Waals surface area contributed by atoms with Crippen LogP contribution in [0.1, 0.15) is 13.3 Å². The van der Waals surface area contributed by atoms with Gasteiger partial charge in [-0.05, 0) is 13.3 Å². The monoisotopic (exact) mass is 148 g/mol. The first-order chi connectivity index (χ1) is 4.17. The topological polar surface area (TPSA) is 37.4 Å². The Hall–Kier alpha value is -0.0900. The SMILES string of the molecule is C[CH]S(=O)(=O)N1CCC1. The summed E-state index contributed by atoms with van der Waals surface area (Å²) < 4.78 is 23.2. The van der Waals surface area contributed by atoms with Gasteiger partial charge in [0, 0.05) is 13.1 Å². The third-order valence-corrected chi connectivity index (χ3v) is 3.15. The molecule has 1 heterocycles. The first-order valence-electron chi connectivity index (χ1n) is 2.96. The Bertz CT molecular complexity index is 181. The van der Waals surface area contributed by atoms with Gasteiger partial charge in [-0.3, -0.25) is 0 Å². The number of hydrogen-bond donors (Lipinski definition) is 0. The van der Waals surface area contributed by atoms with Crippen LogP contribution in [0.4, 0.5) is 0 Å². The first-order valence-corrected chi connectivity index (χ1v) is 4.46. The predicted octanol–water partition coefficient (Wildman–Crippen LogP) is 0.204. The molecule has 1 radical (unpaired) electrons. The Labute approximate surface area is 55.7 Å². The van der Waals surface area contributed by atoms with Gasteiger partial charge in [0.2, 0.25) is 10.0 Å². The molecule has 0 saturated carbocycles. The van der Waals surface area contributed by atoms with Crippen LogP contribution in [0.2, 0.25) is 0 Å². The van der Waals surface area contributed by atoms with Crippen LogP contribution in [0.15, 0.2) is 0 Å². The van der Waals surface area contributed by atoms with Crippen molar-refractivity contribution in [3.8, 4) is 0 Å². The number of rotatable bonds is 2. The van der Waals surface area contributed by atoms with Crippen molar-refractivity contribution in [2.75, 3.05) is 13.1 Å². The summed E-state index contributed by atoms with van der Waals surface area (Å²) in [4.78, 5) is 0. The van der Waals surface area contributed by atoms with E-state index >= 15 is 0 Å². The molecule has 3 nitrogen and oxygen atoms in total. The minimum atomic E-state index is -2.95. The summed E-state index contributed by atoms with van der Waals surface area (Å²) in [7, 11) is -2.95. The van der Waals surface area contributed by atoms with Crippen LogP contribution in [-0.4, -0.2) is 25.8 Å². The van der Waals surface area contributed by atoms with E-state index in [-0.39, 0.29) is 0 Å². The molecule has 0 aromatic carbocycles. The molecule has 0 bridgehead atoms. The molecular formula is C5H10NO2S. The summed E-state index contributed by atoms with van der Waals surface area (Å²) in [5.41, 5.74) is 0. The average Bonchev–Trinajstić information content (AvgIpc) is 1.60. The third-order valence-electron chi connectivity index (χ3n) is 1.47. The zero-order chi connectivity index (χ0) is 6.91. The number of sulfonamides is 1. The molecule has 4 heteroatoms. The normalized spacial score (nSPS) is 21.4. The molecule has 1 aliphatic rings. The van der Waals surface area contributed by atoms with Gasteiger partial charge in [0.05, 0.1) is 5.75 Å². The van der Waals surface area contributed by atoms with Gasteiger partial charge >= 0.3 is 0 Å². The van der Waals surface area contributed by atoms with Gasteiger partial charge in [-0.15, -0.1) is 0 Å². The summed E-state index contributed by atoms with van der Waals surface area (Å²) in [5.74, 6) is 1.24. The van der Waals surface area contributed by atoms with Gasteiger partial charge in [0.25, 0.3) is 0 Å². The first kappa shape index (κ1) is 7.02. The Morgan fingerprint density at radius 1 is 1.44 bits per heavy atom. The Kier molecular flexibility index (Phi) is 1.77. The molecule has 1 saturated heterocycles. The molecule has 0 aliphatic carbocycles. The molecule has 1 fully saturated rings. The molecule has 0 aromatic heterocycles. The lowest BCUT2D eigenvalue weighted by molar-refractivity contribution is 0.312. The smallest absolute Gasteiger partial charge is 0.212 e. The van der Waals surface area contributed by atoms with Crippen LogP contribution in [-0.2, 0) is 10.0 Å². The van der Waals surface area contributed by atoms with Gasteiger partial charge in [-0.2, -0.15) is 0 Å². The van der Waals surface area contributed by atoms with Crippen molar-refractivity contribution < 1.29 is 8.42 Å². The van der Waals surface area contributed by atoms with Crippen molar-refractivity contribution in [2.45, 2.75) is 13.3 Å². The molecular weight excluding hydrogens is 138 g/mol. The van der Waals surface area contributed by atoms with E-state index in [0.29, 0.717) is 13.1 Å². The summed E-state index contributed by atoms with van der Waals surface area (Å²) in [6.45, 7) is 2.95. The second-order valence-electron chi connectivity index (χ2n) is 2.03. The van der Waals surface area contributed by atoms with E-state index in [2.05, 4.69) is 0 Å². The Morgan fingerprint density at radius 3 is 2.11 bits per heavy atom. The lowest BCUT2D eigenvalue weighted by atomic mass is 10.3. The number of hydrogen-bond acceptors (Lipinski definition) is 2. The fraction of sp³-hybridized carbons (Fsp3) is 0.800. The zero-order valence-electron chi connectivity index (χ0n) is 5.37. The highest BCUT2D eigenvalue weighted by molar-refractivity contribution is 7.91. The molecule has 0 N–H and O–H groups in total. The van der Waals surface area contributed by atoms with Crippen molar-refractivity contribution >= 4 is 10.0 Å². The fourth-order valence-electron chi connectivity index (χ4n) is 0.691. The van der Waals surface area contributed by atoms with Crippen molar-refractivity contribution in [2.24, 2.45) is 0 Å². The van der Waals surface area contributed by atoms with Crippen molar-refractivity contribution in [1.29, 1.82) is 0 Å². The molecule has 0 atom stereocenters. The molecule has 1 rings (SSSR count). The third kappa shape index (κ3) is 1.24. The van der Waals surface area contributed by atoms with E-state index in [1.807, 2.05) is 0 Å².